The van der Waals surface area contributed by atoms with Crippen molar-refractivity contribution in [3.05, 3.63) is 39.4 Å². The van der Waals surface area contributed by atoms with Gasteiger partial charge in [-0.05, 0) is 37.1 Å². The van der Waals surface area contributed by atoms with Crippen LogP contribution in [0.25, 0.3) is 10.9 Å². The molecular weight excluding hydrogens is 226 g/mol. The Kier molecular flexibility index (Phi) is 2.69. The van der Waals surface area contributed by atoms with Gasteiger partial charge in [0.2, 0.25) is 5.28 Å². The molecule has 16 heavy (non-hydrogen) atoms. The molecule has 0 spiro atoms. The normalized spacial score (nSPS) is 13.0. The first kappa shape index (κ1) is 11.1. The topological polar surface area (TPSA) is 60.9 Å². The van der Waals surface area contributed by atoms with Gasteiger partial charge in [0.05, 0.1) is 17.1 Å². The van der Waals surface area contributed by atoms with E-state index in [9.17, 15) is 4.79 Å². The lowest BCUT2D eigenvalue weighted by Gasteiger charge is -2.13. The molecular formula is C11H12ClN3O. The molecule has 0 radical (unpaired) electrons. The highest BCUT2D eigenvalue weighted by Gasteiger charge is 2.12. The van der Waals surface area contributed by atoms with E-state index in [1.54, 1.807) is 13.0 Å². The summed E-state index contributed by atoms with van der Waals surface area (Å²) in [6.45, 7) is 3.58. The van der Waals surface area contributed by atoms with E-state index in [4.69, 9.17) is 17.3 Å². The lowest BCUT2D eigenvalue weighted by atomic mass is 10.1. The quantitative estimate of drug-likeness (QED) is 0.770. The number of rotatable bonds is 1. The lowest BCUT2D eigenvalue weighted by molar-refractivity contribution is 0.548. The highest BCUT2D eigenvalue weighted by atomic mass is 35.5. The predicted molar refractivity (Wildman–Crippen MR) is 64.6 cm³/mol. The molecule has 84 valence electrons. The van der Waals surface area contributed by atoms with Crippen LogP contribution in [0, 0.1) is 6.92 Å². The van der Waals surface area contributed by atoms with Crippen molar-refractivity contribution >= 4 is 22.5 Å². The molecule has 4 nitrogen and oxygen atoms in total. The van der Waals surface area contributed by atoms with Crippen LogP contribution in [0.15, 0.2) is 23.0 Å². The largest absolute Gasteiger partial charge is 0.311 e. The maximum absolute atomic E-state index is 12.1. The van der Waals surface area contributed by atoms with Crippen LogP contribution >= 0.6 is 11.6 Å². The van der Waals surface area contributed by atoms with Crippen LogP contribution in [0.5, 0.6) is 0 Å². The molecule has 0 amide bonds. The van der Waals surface area contributed by atoms with E-state index in [2.05, 4.69) is 4.98 Å². The molecule has 0 saturated carbocycles. The fourth-order valence-corrected chi connectivity index (χ4v) is 2.01. The molecule has 5 heteroatoms. The predicted octanol–water partition coefficient (Wildman–Crippen LogP) is 1.84. The fraction of sp³-hybridized carbons (Fsp3) is 0.273. The number of hydrogen-bond acceptors (Lipinski definition) is 3. The zero-order chi connectivity index (χ0) is 11.9. The number of nitrogens with two attached hydrogens (primary N) is 1. The molecule has 0 saturated heterocycles. The maximum atomic E-state index is 12.1. The fourth-order valence-electron chi connectivity index (χ4n) is 1.69. The average Bonchev–Trinajstić information content (AvgIpc) is 2.19. The van der Waals surface area contributed by atoms with E-state index in [0.717, 1.165) is 5.56 Å². The summed E-state index contributed by atoms with van der Waals surface area (Å²) in [5.74, 6) is 0. The SMILES string of the molecule is Cc1cccc2c(=O)n(C(C)N)c(Cl)nc12. The van der Waals surface area contributed by atoms with Crippen molar-refractivity contribution in [1.29, 1.82) is 0 Å². The molecule has 0 aliphatic rings. The number of para-hydroxylation sites is 1. The smallest absolute Gasteiger partial charge is 0.263 e. The first-order chi connectivity index (χ1) is 7.52. The van der Waals surface area contributed by atoms with Crippen molar-refractivity contribution in [3.8, 4) is 0 Å². The van der Waals surface area contributed by atoms with Gasteiger partial charge in [-0.25, -0.2) is 4.98 Å². The third-order valence-electron chi connectivity index (χ3n) is 2.50. The number of nitrogens with zero attached hydrogens (tertiary/aromatic N) is 2. The second kappa shape index (κ2) is 3.88. The maximum Gasteiger partial charge on any atom is 0.263 e. The van der Waals surface area contributed by atoms with Crippen LogP contribution in [-0.4, -0.2) is 9.55 Å². The molecule has 1 heterocycles. The third-order valence-corrected chi connectivity index (χ3v) is 2.76. The third kappa shape index (κ3) is 1.60. The molecule has 2 rings (SSSR count). The highest BCUT2D eigenvalue weighted by Crippen LogP contribution is 2.16. The van der Waals surface area contributed by atoms with E-state index in [1.807, 2.05) is 19.1 Å². The summed E-state index contributed by atoms with van der Waals surface area (Å²) in [6.07, 6.45) is -0.489. The van der Waals surface area contributed by atoms with Gasteiger partial charge in [0, 0.05) is 0 Å². The number of fused-ring (bicyclic) bond motifs is 1. The number of benzene rings is 1. The molecule has 1 aromatic heterocycles. The summed E-state index contributed by atoms with van der Waals surface area (Å²) in [5, 5.41) is 0.670. The van der Waals surface area contributed by atoms with Crippen LogP contribution < -0.4 is 11.3 Å². The van der Waals surface area contributed by atoms with Crippen molar-refractivity contribution in [2.24, 2.45) is 5.73 Å². The summed E-state index contributed by atoms with van der Waals surface area (Å²) in [7, 11) is 0. The van der Waals surface area contributed by atoms with Gasteiger partial charge in [0.25, 0.3) is 5.56 Å². The van der Waals surface area contributed by atoms with Gasteiger partial charge in [-0.1, -0.05) is 12.1 Å². The van der Waals surface area contributed by atoms with Gasteiger partial charge >= 0.3 is 0 Å². The first-order valence-corrected chi connectivity index (χ1v) is 5.33. The minimum atomic E-state index is -0.489. The molecule has 2 N–H and O–H groups in total. The van der Waals surface area contributed by atoms with Crippen LogP contribution in [0.4, 0.5) is 0 Å². The van der Waals surface area contributed by atoms with Gasteiger partial charge in [-0.15, -0.1) is 0 Å². The van der Waals surface area contributed by atoms with Crippen molar-refractivity contribution in [2.75, 3.05) is 0 Å². The molecule has 0 bridgehead atoms. The zero-order valence-corrected chi connectivity index (χ0v) is 9.82. The summed E-state index contributed by atoms with van der Waals surface area (Å²) >= 11 is 5.95. The Morgan fingerprint density at radius 1 is 1.50 bits per heavy atom. The van der Waals surface area contributed by atoms with E-state index in [0.29, 0.717) is 10.9 Å². The molecule has 0 aliphatic heterocycles. The Balaban J connectivity index is 2.95. The van der Waals surface area contributed by atoms with E-state index in [-0.39, 0.29) is 10.8 Å². The zero-order valence-electron chi connectivity index (χ0n) is 9.07. The Bertz CT molecular complexity index is 604. The second-order valence-corrected chi connectivity index (χ2v) is 4.11. The van der Waals surface area contributed by atoms with Crippen LogP contribution in [0.2, 0.25) is 5.28 Å². The van der Waals surface area contributed by atoms with Gasteiger partial charge < -0.3 is 5.73 Å². The van der Waals surface area contributed by atoms with Crippen LogP contribution in [-0.2, 0) is 0 Å². The Labute approximate surface area is 97.7 Å². The Morgan fingerprint density at radius 3 is 2.81 bits per heavy atom. The average molecular weight is 238 g/mol. The number of aryl methyl sites for hydroxylation is 1. The van der Waals surface area contributed by atoms with Gasteiger partial charge in [0.1, 0.15) is 0 Å². The minimum absolute atomic E-state index is 0.127. The molecule has 1 atom stereocenters. The second-order valence-electron chi connectivity index (χ2n) is 3.77. The van der Waals surface area contributed by atoms with E-state index < -0.39 is 6.17 Å². The van der Waals surface area contributed by atoms with Crippen molar-refractivity contribution in [2.45, 2.75) is 20.0 Å². The Morgan fingerprint density at radius 2 is 2.19 bits per heavy atom. The number of hydrogen-bond donors (Lipinski definition) is 1. The summed E-state index contributed by atoms with van der Waals surface area (Å²) in [4.78, 5) is 16.3. The summed E-state index contributed by atoms with van der Waals surface area (Å²) in [5.41, 5.74) is 7.04. The van der Waals surface area contributed by atoms with Crippen molar-refractivity contribution < 1.29 is 0 Å². The molecule has 0 fully saturated rings. The van der Waals surface area contributed by atoms with E-state index in [1.165, 1.54) is 4.57 Å². The minimum Gasteiger partial charge on any atom is -0.311 e. The van der Waals surface area contributed by atoms with Gasteiger partial charge in [-0.3, -0.25) is 9.36 Å². The number of aromatic nitrogens is 2. The molecule has 1 unspecified atom stereocenters. The molecule has 2 aromatic rings. The first-order valence-electron chi connectivity index (χ1n) is 4.95. The van der Waals surface area contributed by atoms with Crippen molar-refractivity contribution in [3.63, 3.8) is 0 Å². The highest BCUT2D eigenvalue weighted by molar-refractivity contribution is 6.28. The lowest BCUT2D eigenvalue weighted by Crippen LogP contribution is -2.29. The van der Waals surface area contributed by atoms with Gasteiger partial charge in [0.15, 0.2) is 0 Å². The summed E-state index contributed by atoms with van der Waals surface area (Å²) < 4.78 is 1.28. The number of halogens is 1. The molecule has 1 aromatic carbocycles. The Hall–Kier alpha value is -1.39. The van der Waals surface area contributed by atoms with Crippen LogP contribution in [0.1, 0.15) is 18.7 Å². The van der Waals surface area contributed by atoms with Gasteiger partial charge in [-0.2, -0.15) is 0 Å². The monoisotopic (exact) mass is 237 g/mol. The standard InChI is InChI=1S/C11H12ClN3O/c1-6-4-3-5-8-9(6)14-11(12)15(7(2)13)10(8)16/h3-5,7H,13H2,1-2H3. The van der Waals surface area contributed by atoms with E-state index >= 15 is 0 Å². The van der Waals surface area contributed by atoms with Crippen molar-refractivity contribution in [1.82, 2.24) is 9.55 Å². The van der Waals surface area contributed by atoms with Crippen LogP contribution in [0.3, 0.4) is 0 Å². The molecule has 0 aliphatic carbocycles. The summed E-state index contributed by atoms with van der Waals surface area (Å²) in [6, 6.07) is 5.44.